The lowest BCUT2D eigenvalue weighted by atomic mass is 9.89. The number of β-amino-alcohol motifs (C(OH)–C–C–N with tert-alkyl or cyclic N) is 1. The zero-order chi connectivity index (χ0) is 14.0. The molecule has 2 atom stereocenters. The molecule has 3 aliphatic rings. The summed E-state index contributed by atoms with van der Waals surface area (Å²) in [5.74, 6) is 0. The van der Waals surface area contributed by atoms with Crippen molar-refractivity contribution in [1.29, 1.82) is 0 Å². The number of piperidine rings is 1. The maximum Gasteiger partial charge on any atom is 0.317 e. The quantitative estimate of drug-likeness (QED) is 0.768. The van der Waals surface area contributed by atoms with Crippen molar-refractivity contribution in [3.05, 3.63) is 0 Å². The van der Waals surface area contributed by atoms with E-state index in [0.29, 0.717) is 6.54 Å². The van der Waals surface area contributed by atoms with E-state index in [1.807, 2.05) is 0 Å². The van der Waals surface area contributed by atoms with Crippen LogP contribution in [0.3, 0.4) is 0 Å². The van der Waals surface area contributed by atoms with Crippen LogP contribution in [0.25, 0.3) is 0 Å². The first-order chi connectivity index (χ1) is 9.67. The fourth-order valence-electron chi connectivity index (χ4n) is 3.92. The summed E-state index contributed by atoms with van der Waals surface area (Å²) in [6.07, 6.45) is 7.99. The van der Waals surface area contributed by atoms with E-state index in [2.05, 4.69) is 5.32 Å². The predicted molar refractivity (Wildman–Crippen MR) is 75.5 cm³/mol. The van der Waals surface area contributed by atoms with Gasteiger partial charge >= 0.3 is 6.03 Å². The third kappa shape index (κ3) is 3.09. The Labute approximate surface area is 120 Å². The summed E-state index contributed by atoms with van der Waals surface area (Å²) in [7, 11) is 0. The zero-order valence-corrected chi connectivity index (χ0v) is 12.1. The lowest BCUT2D eigenvalue weighted by Gasteiger charge is -2.39. The largest absolute Gasteiger partial charge is 0.391 e. The average Bonchev–Trinajstić information content (AvgIpc) is 2.87. The summed E-state index contributed by atoms with van der Waals surface area (Å²) in [6.45, 7) is 1.99. The van der Waals surface area contributed by atoms with E-state index in [1.165, 1.54) is 12.8 Å². The number of aliphatic hydroxyl groups is 1. The van der Waals surface area contributed by atoms with Gasteiger partial charge in [0.25, 0.3) is 0 Å². The first kappa shape index (κ1) is 14.1. The molecule has 3 rings (SSSR count). The molecule has 20 heavy (non-hydrogen) atoms. The van der Waals surface area contributed by atoms with Crippen LogP contribution in [0.1, 0.15) is 51.4 Å². The highest BCUT2D eigenvalue weighted by molar-refractivity contribution is 5.74. The van der Waals surface area contributed by atoms with Crippen LogP contribution in [0.15, 0.2) is 0 Å². The van der Waals surface area contributed by atoms with Gasteiger partial charge in [0, 0.05) is 25.7 Å². The number of likely N-dealkylation sites (tertiary alicyclic amines) is 1. The predicted octanol–water partition coefficient (Wildman–Crippen LogP) is 1.64. The second-order valence-corrected chi connectivity index (χ2v) is 6.62. The van der Waals surface area contributed by atoms with Gasteiger partial charge in [-0.3, -0.25) is 0 Å². The van der Waals surface area contributed by atoms with Crippen LogP contribution in [0.5, 0.6) is 0 Å². The fraction of sp³-hybridized carbons (Fsp3) is 0.933. The van der Waals surface area contributed by atoms with Gasteiger partial charge in [-0.25, -0.2) is 4.79 Å². The number of rotatable bonds is 1. The van der Waals surface area contributed by atoms with E-state index in [1.54, 1.807) is 4.90 Å². The Bertz CT molecular complexity index is 355. The van der Waals surface area contributed by atoms with Crippen LogP contribution < -0.4 is 5.32 Å². The molecule has 2 amide bonds. The van der Waals surface area contributed by atoms with Gasteiger partial charge in [0.15, 0.2) is 0 Å². The summed E-state index contributed by atoms with van der Waals surface area (Å²) < 4.78 is 6.00. The molecule has 1 saturated carbocycles. The number of carbonyl (C=O) groups excluding carboxylic acids is 1. The maximum atomic E-state index is 12.3. The molecule has 0 aromatic carbocycles. The van der Waals surface area contributed by atoms with Crippen molar-refractivity contribution in [2.24, 2.45) is 0 Å². The van der Waals surface area contributed by atoms with E-state index < -0.39 is 0 Å². The number of hydrogen-bond acceptors (Lipinski definition) is 3. The molecule has 5 nitrogen and oxygen atoms in total. The van der Waals surface area contributed by atoms with Crippen molar-refractivity contribution in [2.75, 3.05) is 19.7 Å². The van der Waals surface area contributed by atoms with Crippen molar-refractivity contribution in [3.63, 3.8) is 0 Å². The topological polar surface area (TPSA) is 61.8 Å². The highest BCUT2D eigenvalue weighted by Crippen LogP contribution is 2.39. The number of carbonyl (C=O) groups is 1. The molecule has 3 fully saturated rings. The Kier molecular flexibility index (Phi) is 4.17. The van der Waals surface area contributed by atoms with E-state index >= 15 is 0 Å². The van der Waals surface area contributed by atoms with E-state index in [-0.39, 0.29) is 23.8 Å². The molecule has 2 aliphatic heterocycles. The molecule has 2 unspecified atom stereocenters. The lowest BCUT2D eigenvalue weighted by Crippen LogP contribution is -2.53. The molecule has 1 spiro atoms. The Hall–Kier alpha value is -0.810. The molecule has 0 radical (unpaired) electrons. The van der Waals surface area contributed by atoms with Crippen LogP contribution in [-0.4, -0.2) is 53.5 Å². The second kappa shape index (κ2) is 5.90. The van der Waals surface area contributed by atoms with Gasteiger partial charge in [-0.15, -0.1) is 0 Å². The first-order valence-electron chi connectivity index (χ1n) is 8.04. The molecule has 2 saturated heterocycles. The third-order valence-corrected chi connectivity index (χ3v) is 5.02. The summed E-state index contributed by atoms with van der Waals surface area (Å²) in [6, 6.07) is 0.220. The minimum absolute atomic E-state index is 0.0104. The molecule has 2 heterocycles. The van der Waals surface area contributed by atoms with Gasteiger partial charge in [-0.05, 0) is 38.5 Å². The van der Waals surface area contributed by atoms with Gasteiger partial charge in [-0.2, -0.15) is 0 Å². The fourth-order valence-corrected chi connectivity index (χ4v) is 3.92. The van der Waals surface area contributed by atoms with Gasteiger partial charge in [-0.1, -0.05) is 12.8 Å². The van der Waals surface area contributed by atoms with Crippen molar-refractivity contribution >= 4 is 6.03 Å². The van der Waals surface area contributed by atoms with Gasteiger partial charge in [0.05, 0.1) is 11.7 Å². The smallest absolute Gasteiger partial charge is 0.317 e. The number of urea groups is 1. The molecule has 114 valence electrons. The number of aliphatic hydroxyl groups excluding tert-OH is 1. The highest BCUT2D eigenvalue weighted by Gasteiger charge is 2.40. The lowest BCUT2D eigenvalue weighted by molar-refractivity contribution is -0.0825. The summed E-state index contributed by atoms with van der Waals surface area (Å²) in [4.78, 5) is 14.0. The Balaban J connectivity index is 1.53. The van der Waals surface area contributed by atoms with E-state index in [9.17, 15) is 9.90 Å². The first-order valence-corrected chi connectivity index (χ1v) is 8.04. The zero-order valence-electron chi connectivity index (χ0n) is 12.1. The van der Waals surface area contributed by atoms with Crippen LogP contribution in [0, 0.1) is 0 Å². The van der Waals surface area contributed by atoms with E-state index in [0.717, 1.165) is 51.7 Å². The molecule has 0 aromatic heterocycles. The normalized spacial score (nSPS) is 33.4. The molecule has 5 heteroatoms. The maximum absolute atomic E-state index is 12.3. The summed E-state index contributed by atoms with van der Waals surface area (Å²) in [5.41, 5.74) is 0.0393. The minimum atomic E-state index is -0.356. The van der Waals surface area contributed by atoms with Crippen LogP contribution in [0.4, 0.5) is 4.79 Å². The van der Waals surface area contributed by atoms with Gasteiger partial charge < -0.3 is 20.1 Å². The number of amides is 2. The average molecular weight is 282 g/mol. The van der Waals surface area contributed by atoms with Crippen molar-refractivity contribution < 1.29 is 14.6 Å². The highest BCUT2D eigenvalue weighted by atomic mass is 16.5. The van der Waals surface area contributed by atoms with Gasteiger partial charge in [0.2, 0.25) is 0 Å². The second-order valence-electron chi connectivity index (χ2n) is 6.62. The van der Waals surface area contributed by atoms with E-state index in [4.69, 9.17) is 4.74 Å². The molecular weight excluding hydrogens is 256 g/mol. The Morgan fingerprint density at radius 3 is 2.80 bits per heavy atom. The van der Waals surface area contributed by atoms with Crippen molar-refractivity contribution in [3.8, 4) is 0 Å². The van der Waals surface area contributed by atoms with Crippen LogP contribution >= 0.6 is 0 Å². The third-order valence-electron chi connectivity index (χ3n) is 5.02. The number of nitrogens with one attached hydrogen (secondary N) is 1. The molecule has 0 aromatic rings. The van der Waals surface area contributed by atoms with Crippen molar-refractivity contribution in [2.45, 2.75) is 69.1 Å². The van der Waals surface area contributed by atoms with Crippen LogP contribution in [-0.2, 0) is 4.74 Å². The Morgan fingerprint density at radius 1 is 1.25 bits per heavy atom. The van der Waals surface area contributed by atoms with Crippen molar-refractivity contribution in [1.82, 2.24) is 10.2 Å². The molecular formula is C15H26N2O3. The number of hydrogen-bond donors (Lipinski definition) is 2. The van der Waals surface area contributed by atoms with Crippen LogP contribution in [0.2, 0.25) is 0 Å². The molecule has 1 aliphatic carbocycles. The summed E-state index contributed by atoms with van der Waals surface area (Å²) >= 11 is 0. The number of nitrogens with zero attached hydrogens (tertiary/aromatic N) is 1. The standard InChI is InChI=1S/C15H26N2O3/c18-13-4-3-8-17(11-13)14(19)16-12-5-9-20-15(10-12)6-1-2-7-15/h12-13,18H,1-11H2,(H,16,19). The molecule has 0 bridgehead atoms. The van der Waals surface area contributed by atoms with Gasteiger partial charge in [0.1, 0.15) is 0 Å². The monoisotopic (exact) mass is 282 g/mol. The minimum Gasteiger partial charge on any atom is -0.391 e. The SMILES string of the molecule is O=C(NC1CCOC2(CCCC2)C1)N1CCCC(O)C1. The summed E-state index contributed by atoms with van der Waals surface area (Å²) in [5, 5.41) is 12.8. The Morgan fingerprint density at radius 2 is 2.05 bits per heavy atom. The molecule has 2 N–H and O–H groups in total. The number of ether oxygens (including phenoxy) is 1.